The molecule has 0 atom stereocenters. The molecule has 0 spiro atoms. The number of halogens is 2. The van der Waals surface area contributed by atoms with Crippen molar-refractivity contribution >= 4 is 34.9 Å². The van der Waals surface area contributed by atoms with Crippen molar-refractivity contribution in [3.63, 3.8) is 0 Å². The number of nitrogens with one attached hydrogen (secondary N) is 2. The summed E-state index contributed by atoms with van der Waals surface area (Å²) in [6, 6.07) is 4.86. The van der Waals surface area contributed by atoms with E-state index in [2.05, 4.69) is 20.6 Å². The first kappa shape index (κ1) is 27.1. The van der Waals surface area contributed by atoms with E-state index in [0.29, 0.717) is 25.9 Å². The van der Waals surface area contributed by atoms with Crippen LogP contribution in [-0.4, -0.2) is 57.5 Å². The normalized spacial score (nSPS) is 14.2. The molecule has 200 valence electrons. The number of benzene rings is 1. The summed E-state index contributed by atoms with van der Waals surface area (Å²) in [7, 11) is 0. The summed E-state index contributed by atoms with van der Waals surface area (Å²) in [6.07, 6.45) is 3.40. The summed E-state index contributed by atoms with van der Waals surface area (Å²) in [5.41, 5.74) is -0.537. The molecule has 12 heteroatoms. The number of hydrogen-bond acceptors (Lipinski definition) is 7. The number of likely N-dealkylation sites (tertiary alicyclic amines) is 1. The standard InChI is InChI=1S/C26H27F2N5O4S/c1-26(2,3)37-25(36)30-15-8-11-33(12-9-15)24(35)16-7-10-29-13-19(16)31-22(34)20-14-38-23(32-20)21-17(27)5-4-6-18(21)28/h4-7,10,13-15H,8-9,11-12H2,1-3H3,(H,30,36)(H,31,34). The van der Waals surface area contributed by atoms with Crippen molar-refractivity contribution in [3.8, 4) is 10.6 Å². The molecular formula is C26H27F2N5O4S. The number of piperidine rings is 1. The van der Waals surface area contributed by atoms with Gasteiger partial charge >= 0.3 is 6.09 Å². The van der Waals surface area contributed by atoms with Crippen molar-refractivity contribution in [2.75, 3.05) is 18.4 Å². The minimum atomic E-state index is -0.781. The van der Waals surface area contributed by atoms with Crippen molar-refractivity contribution < 1.29 is 27.9 Å². The molecule has 0 radical (unpaired) electrons. The monoisotopic (exact) mass is 543 g/mol. The maximum Gasteiger partial charge on any atom is 0.407 e. The fourth-order valence-electron chi connectivity index (χ4n) is 3.93. The molecule has 1 aromatic carbocycles. The minimum absolute atomic E-state index is 0.0242. The number of anilines is 1. The lowest BCUT2D eigenvalue weighted by Crippen LogP contribution is -2.47. The Labute approximate surface area is 222 Å². The molecule has 1 aliphatic rings. The molecule has 3 amide bonds. The topological polar surface area (TPSA) is 114 Å². The predicted octanol–water partition coefficient (Wildman–Crippen LogP) is 4.86. The number of amides is 3. The molecule has 2 aromatic heterocycles. The van der Waals surface area contributed by atoms with Crippen LogP contribution < -0.4 is 10.6 Å². The number of nitrogens with zero attached hydrogens (tertiary/aromatic N) is 3. The fraction of sp³-hybridized carbons (Fsp3) is 0.346. The molecule has 2 N–H and O–H groups in total. The van der Waals surface area contributed by atoms with E-state index in [9.17, 15) is 23.2 Å². The highest BCUT2D eigenvalue weighted by Crippen LogP contribution is 2.29. The van der Waals surface area contributed by atoms with Gasteiger partial charge in [-0.05, 0) is 51.8 Å². The van der Waals surface area contributed by atoms with Crippen LogP contribution in [0.4, 0.5) is 19.3 Å². The highest BCUT2D eigenvalue weighted by molar-refractivity contribution is 7.13. The minimum Gasteiger partial charge on any atom is -0.444 e. The number of thiazole rings is 1. The van der Waals surface area contributed by atoms with E-state index in [-0.39, 0.29) is 39.5 Å². The van der Waals surface area contributed by atoms with Crippen LogP contribution in [-0.2, 0) is 4.74 Å². The molecule has 1 saturated heterocycles. The third kappa shape index (κ3) is 6.49. The first-order valence-electron chi connectivity index (χ1n) is 12.0. The van der Waals surface area contributed by atoms with Gasteiger partial charge in [0.1, 0.15) is 27.9 Å². The van der Waals surface area contributed by atoms with E-state index in [4.69, 9.17) is 4.74 Å². The van der Waals surface area contributed by atoms with Gasteiger partial charge in [-0.2, -0.15) is 0 Å². The Balaban J connectivity index is 1.40. The zero-order valence-electron chi connectivity index (χ0n) is 21.1. The lowest BCUT2D eigenvalue weighted by molar-refractivity contribution is 0.0473. The summed E-state index contributed by atoms with van der Waals surface area (Å²) >= 11 is 0.929. The Kier molecular flexibility index (Phi) is 8.00. The van der Waals surface area contributed by atoms with Gasteiger partial charge in [0.05, 0.1) is 23.0 Å². The second-order valence-electron chi connectivity index (χ2n) is 9.72. The van der Waals surface area contributed by atoms with E-state index < -0.39 is 29.2 Å². The summed E-state index contributed by atoms with van der Waals surface area (Å²) in [5, 5.41) is 6.87. The van der Waals surface area contributed by atoms with E-state index in [1.165, 1.54) is 29.9 Å². The molecule has 0 saturated carbocycles. The molecule has 9 nitrogen and oxygen atoms in total. The largest absolute Gasteiger partial charge is 0.444 e. The highest BCUT2D eigenvalue weighted by Gasteiger charge is 2.28. The average Bonchev–Trinajstić information content (AvgIpc) is 3.33. The molecule has 3 heterocycles. The maximum absolute atomic E-state index is 14.1. The lowest BCUT2D eigenvalue weighted by Gasteiger charge is -2.33. The Bertz CT molecular complexity index is 1330. The first-order chi connectivity index (χ1) is 18.0. The van der Waals surface area contributed by atoms with Crippen molar-refractivity contribution in [1.82, 2.24) is 20.2 Å². The van der Waals surface area contributed by atoms with Gasteiger partial charge in [0, 0.05) is 30.7 Å². The summed E-state index contributed by atoms with van der Waals surface area (Å²) in [5.74, 6) is -2.51. The van der Waals surface area contributed by atoms with Gasteiger partial charge in [0.15, 0.2) is 0 Å². The number of ether oxygens (including phenoxy) is 1. The fourth-order valence-corrected chi connectivity index (χ4v) is 4.78. The number of hydrogen-bond donors (Lipinski definition) is 2. The van der Waals surface area contributed by atoms with E-state index in [1.807, 2.05) is 0 Å². The molecule has 38 heavy (non-hydrogen) atoms. The Morgan fingerprint density at radius 2 is 1.79 bits per heavy atom. The maximum atomic E-state index is 14.1. The number of pyridine rings is 1. The summed E-state index contributed by atoms with van der Waals surface area (Å²) < 4.78 is 33.5. The number of aromatic nitrogens is 2. The van der Waals surface area contributed by atoms with Crippen LogP contribution in [0.5, 0.6) is 0 Å². The molecule has 3 aromatic rings. The molecule has 1 aliphatic heterocycles. The van der Waals surface area contributed by atoms with Crippen LogP contribution in [0.25, 0.3) is 10.6 Å². The van der Waals surface area contributed by atoms with Crippen molar-refractivity contribution in [2.24, 2.45) is 0 Å². The van der Waals surface area contributed by atoms with Crippen LogP contribution in [0.2, 0.25) is 0 Å². The van der Waals surface area contributed by atoms with Gasteiger partial charge in [-0.25, -0.2) is 18.6 Å². The third-order valence-electron chi connectivity index (χ3n) is 5.72. The smallest absolute Gasteiger partial charge is 0.407 e. The van der Waals surface area contributed by atoms with Crippen LogP contribution in [0, 0.1) is 11.6 Å². The average molecular weight is 544 g/mol. The number of alkyl carbamates (subject to hydrolysis) is 1. The summed E-state index contributed by atoms with van der Waals surface area (Å²) in [4.78, 5) is 47.9. The van der Waals surface area contributed by atoms with Crippen molar-refractivity contribution in [2.45, 2.75) is 45.3 Å². The third-order valence-corrected chi connectivity index (χ3v) is 6.58. The molecule has 4 rings (SSSR count). The number of carbonyl (C=O) groups excluding carboxylic acids is 3. The van der Waals surface area contributed by atoms with Crippen LogP contribution >= 0.6 is 11.3 Å². The van der Waals surface area contributed by atoms with Crippen LogP contribution in [0.15, 0.2) is 42.0 Å². The van der Waals surface area contributed by atoms with Crippen molar-refractivity contribution in [1.29, 1.82) is 0 Å². The molecule has 1 fully saturated rings. The van der Waals surface area contributed by atoms with Gasteiger partial charge in [-0.15, -0.1) is 11.3 Å². The van der Waals surface area contributed by atoms with Gasteiger partial charge < -0.3 is 20.3 Å². The zero-order chi connectivity index (χ0) is 27.4. The Morgan fingerprint density at radius 3 is 2.45 bits per heavy atom. The number of carbonyl (C=O) groups is 3. The summed E-state index contributed by atoms with van der Waals surface area (Å²) in [6.45, 7) is 6.16. The molecule has 0 unspecified atom stereocenters. The van der Waals surface area contributed by atoms with Gasteiger partial charge in [0.2, 0.25) is 0 Å². The highest BCUT2D eigenvalue weighted by atomic mass is 32.1. The molecule has 0 bridgehead atoms. The Morgan fingerprint density at radius 1 is 1.11 bits per heavy atom. The zero-order valence-corrected chi connectivity index (χ0v) is 21.9. The van der Waals surface area contributed by atoms with E-state index in [1.54, 1.807) is 25.7 Å². The number of rotatable bonds is 5. The first-order valence-corrected chi connectivity index (χ1v) is 12.8. The second kappa shape index (κ2) is 11.2. The molecular weight excluding hydrogens is 516 g/mol. The SMILES string of the molecule is CC(C)(C)OC(=O)NC1CCN(C(=O)c2ccncc2NC(=O)c2csc(-c3c(F)cccc3F)n2)CC1. The van der Waals surface area contributed by atoms with Crippen LogP contribution in [0.1, 0.15) is 54.5 Å². The quantitative estimate of drug-likeness (QED) is 0.475. The van der Waals surface area contributed by atoms with Gasteiger partial charge in [-0.3, -0.25) is 14.6 Å². The van der Waals surface area contributed by atoms with E-state index >= 15 is 0 Å². The molecule has 0 aliphatic carbocycles. The van der Waals surface area contributed by atoms with Gasteiger partial charge in [-0.1, -0.05) is 6.07 Å². The second-order valence-corrected chi connectivity index (χ2v) is 10.6. The van der Waals surface area contributed by atoms with Crippen LogP contribution in [0.3, 0.4) is 0 Å². The Hall–Kier alpha value is -3.93. The van der Waals surface area contributed by atoms with Crippen molar-refractivity contribution in [3.05, 3.63) is 64.9 Å². The van der Waals surface area contributed by atoms with E-state index in [0.717, 1.165) is 23.5 Å². The predicted molar refractivity (Wildman–Crippen MR) is 138 cm³/mol. The lowest BCUT2D eigenvalue weighted by atomic mass is 10.0. The van der Waals surface area contributed by atoms with Gasteiger partial charge in [0.25, 0.3) is 11.8 Å².